The summed E-state index contributed by atoms with van der Waals surface area (Å²) in [5, 5.41) is 13.0. The Morgan fingerprint density at radius 1 is 1.00 bits per heavy atom. The Morgan fingerprint density at radius 3 is 2.19 bits per heavy atom. The molecule has 150 valence electrons. The molecule has 2 N–H and O–H groups in total. The molecule has 5 heteroatoms. The monoisotopic (exact) mass is 374 g/mol. The molecule has 5 nitrogen and oxygen atoms in total. The summed E-state index contributed by atoms with van der Waals surface area (Å²) in [6.07, 6.45) is 5.16. The van der Waals surface area contributed by atoms with Gasteiger partial charge in [-0.1, -0.05) is 51.0 Å². The zero-order valence-electron chi connectivity index (χ0n) is 16.7. The summed E-state index contributed by atoms with van der Waals surface area (Å²) >= 11 is 0. The van der Waals surface area contributed by atoms with Crippen LogP contribution in [0.2, 0.25) is 0 Å². The quantitative estimate of drug-likeness (QED) is 0.731. The topological polar surface area (TPSA) is 69.6 Å². The van der Waals surface area contributed by atoms with Crippen molar-refractivity contribution in [1.29, 1.82) is 0 Å². The van der Waals surface area contributed by atoms with Crippen LogP contribution in [0.15, 0.2) is 24.3 Å². The van der Waals surface area contributed by atoms with Gasteiger partial charge in [0.2, 0.25) is 11.8 Å². The van der Waals surface area contributed by atoms with Crippen LogP contribution in [-0.2, 0) is 9.59 Å². The van der Waals surface area contributed by atoms with Crippen molar-refractivity contribution >= 4 is 11.8 Å². The van der Waals surface area contributed by atoms with Gasteiger partial charge in [-0.2, -0.15) is 0 Å². The Hall–Kier alpha value is -1.88. The first-order chi connectivity index (χ1) is 13.0. The van der Waals surface area contributed by atoms with Gasteiger partial charge in [0, 0.05) is 32.5 Å². The molecule has 0 radical (unpaired) electrons. The zero-order valence-corrected chi connectivity index (χ0v) is 16.7. The first kappa shape index (κ1) is 21.4. The normalized spacial score (nSPS) is 16.1. The number of likely N-dealkylation sites (tertiary alicyclic amines) is 1. The lowest BCUT2D eigenvalue weighted by atomic mass is 10.00. The Morgan fingerprint density at radius 2 is 1.59 bits per heavy atom. The minimum Gasteiger partial charge on any atom is -0.387 e. The Labute approximate surface area is 163 Å². The molecule has 1 saturated heterocycles. The van der Waals surface area contributed by atoms with Gasteiger partial charge >= 0.3 is 0 Å². The number of rotatable bonds is 8. The molecule has 1 aromatic carbocycles. The van der Waals surface area contributed by atoms with E-state index in [1.165, 1.54) is 18.4 Å². The smallest absolute Gasteiger partial charge is 0.222 e. The number of aliphatic hydroxyl groups is 1. The number of carbonyl (C=O) groups excluding carboxylic acids is 2. The molecule has 27 heavy (non-hydrogen) atoms. The number of nitrogens with zero attached hydrogens (tertiary/aromatic N) is 1. The fraction of sp³-hybridized carbons (Fsp3) is 0.636. The lowest BCUT2D eigenvalue weighted by Gasteiger charge is -2.20. The van der Waals surface area contributed by atoms with Crippen molar-refractivity contribution in [2.24, 2.45) is 0 Å². The highest BCUT2D eigenvalue weighted by molar-refractivity contribution is 5.79. The minimum absolute atomic E-state index is 0.114. The van der Waals surface area contributed by atoms with Crippen molar-refractivity contribution < 1.29 is 14.7 Å². The molecule has 0 spiro atoms. The third-order valence-electron chi connectivity index (χ3n) is 5.23. The number of hydrogen-bond acceptors (Lipinski definition) is 3. The summed E-state index contributed by atoms with van der Waals surface area (Å²) in [6, 6.07) is 7.84. The first-order valence-corrected chi connectivity index (χ1v) is 10.3. The number of aliphatic hydroxyl groups excluding tert-OH is 1. The van der Waals surface area contributed by atoms with Crippen LogP contribution in [0, 0.1) is 0 Å². The summed E-state index contributed by atoms with van der Waals surface area (Å²) in [5.74, 6) is 0.499. The predicted molar refractivity (Wildman–Crippen MR) is 107 cm³/mol. The lowest BCUT2D eigenvalue weighted by molar-refractivity contribution is -0.131. The molecule has 1 aliphatic rings. The van der Waals surface area contributed by atoms with Gasteiger partial charge in [-0.25, -0.2) is 0 Å². The van der Waals surface area contributed by atoms with E-state index in [1.807, 2.05) is 29.2 Å². The maximum Gasteiger partial charge on any atom is 0.222 e. The molecule has 2 amide bonds. The van der Waals surface area contributed by atoms with Crippen molar-refractivity contribution in [1.82, 2.24) is 10.2 Å². The van der Waals surface area contributed by atoms with Crippen molar-refractivity contribution in [2.75, 3.05) is 19.6 Å². The fourth-order valence-corrected chi connectivity index (χ4v) is 3.40. The van der Waals surface area contributed by atoms with Gasteiger partial charge in [-0.15, -0.1) is 0 Å². The summed E-state index contributed by atoms with van der Waals surface area (Å²) in [5.41, 5.74) is 2.03. The second kappa shape index (κ2) is 11.1. The molecule has 0 bridgehead atoms. The molecule has 1 heterocycles. The van der Waals surface area contributed by atoms with Crippen LogP contribution in [0.1, 0.15) is 81.9 Å². The SMILES string of the molecule is CC(C)c1ccc(C(O)CNC(=O)CCCC(=O)N2CCCCCC2)cc1. The van der Waals surface area contributed by atoms with E-state index in [0.29, 0.717) is 25.2 Å². The van der Waals surface area contributed by atoms with Gasteiger partial charge in [-0.05, 0) is 36.3 Å². The Balaban J connectivity index is 1.65. The van der Waals surface area contributed by atoms with Gasteiger partial charge in [0.05, 0.1) is 6.10 Å². The van der Waals surface area contributed by atoms with E-state index in [1.54, 1.807) is 0 Å². The van der Waals surface area contributed by atoms with Gasteiger partial charge in [0.1, 0.15) is 0 Å². The Kier molecular flexibility index (Phi) is 8.79. The molecule has 0 aromatic heterocycles. The van der Waals surface area contributed by atoms with Crippen LogP contribution >= 0.6 is 0 Å². The average molecular weight is 375 g/mol. The summed E-state index contributed by atoms with van der Waals surface area (Å²) in [6.45, 7) is 6.16. The third kappa shape index (κ3) is 7.33. The van der Waals surface area contributed by atoms with Gasteiger partial charge in [0.25, 0.3) is 0 Å². The maximum absolute atomic E-state index is 12.2. The first-order valence-electron chi connectivity index (χ1n) is 10.3. The standard InChI is InChI=1S/C22H34N2O3/c1-17(2)18-10-12-19(13-11-18)20(25)16-23-21(26)8-7-9-22(27)24-14-5-3-4-6-15-24/h10-13,17,20,25H,3-9,14-16H2,1-2H3,(H,23,26). The molecule has 1 aliphatic heterocycles. The van der Waals surface area contributed by atoms with Crippen LogP contribution in [-0.4, -0.2) is 41.5 Å². The largest absolute Gasteiger partial charge is 0.387 e. The molecular formula is C22H34N2O3. The molecular weight excluding hydrogens is 340 g/mol. The molecule has 2 rings (SSSR count). The van der Waals surface area contributed by atoms with E-state index in [4.69, 9.17) is 0 Å². The van der Waals surface area contributed by atoms with Crippen LogP contribution in [0.4, 0.5) is 0 Å². The molecule has 0 saturated carbocycles. The molecule has 1 atom stereocenters. The summed E-state index contributed by atoms with van der Waals surface area (Å²) < 4.78 is 0. The minimum atomic E-state index is -0.714. The number of carbonyl (C=O) groups is 2. The van der Waals surface area contributed by atoms with Gasteiger partial charge in [-0.3, -0.25) is 9.59 Å². The number of amides is 2. The van der Waals surface area contributed by atoms with E-state index in [-0.39, 0.29) is 18.4 Å². The fourth-order valence-electron chi connectivity index (χ4n) is 3.40. The predicted octanol–water partition coefficient (Wildman–Crippen LogP) is 3.53. The van der Waals surface area contributed by atoms with Crippen LogP contribution in [0.25, 0.3) is 0 Å². The maximum atomic E-state index is 12.2. The van der Waals surface area contributed by atoms with Gasteiger partial charge < -0.3 is 15.3 Å². The number of nitrogens with one attached hydrogen (secondary N) is 1. The van der Waals surface area contributed by atoms with E-state index in [0.717, 1.165) is 31.5 Å². The van der Waals surface area contributed by atoms with E-state index >= 15 is 0 Å². The van der Waals surface area contributed by atoms with Crippen LogP contribution in [0.5, 0.6) is 0 Å². The van der Waals surface area contributed by atoms with E-state index < -0.39 is 6.10 Å². The molecule has 1 unspecified atom stereocenters. The molecule has 1 aromatic rings. The highest BCUT2D eigenvalue weighted by atomic mass is 16.3. The summed E-state index contributed by atoms with van der Waals surface area (Å²) in [4.78, 5) is 26.1. The zero-order chi connectivity index (χ0) is 19.6. The van der Waals surface area contributed by atoms with Crippen LogP contribution < -0.4 is 5.32 Å². The molecule has 0 aliphatic carbocycles. The van der Waals surface area contributed by atoms with Crippen molar-refractivity contribution in [3.8, 4) is 0 Å². The second-order valence-corrected chi connectivity index (χ2v) is 7.79. The highest BCUT2D eigenvalue weighted by Gasteiger charge is 2.16. The molecule has 1 fully saturated rings. The lowest BCUT2D eigenvalue weighted by Crippen LogP contribution is -2.32. The highest BCUT2D eigenvalue weighted by Crippen LogP contribution is 2.18. The van der Waals surface area contributed by atoms with E-state index in [2.05, 4.69) is 19.2 Å². The summed E-state index contributed by atoms with van der Waals surface area (Å²) in [7, 11) is 0. The van der Waals surface area contributed by atoms with Crippen molar-refractivity contribution in [3.63, 3.8) is 0 Å². The average Bonchev–Trinajstić information content (AvgIpc) is 2.95. The van der Waals surface area contributed by atoms with E-state index in [9.17, 15) is 14.7 Å². The van der Waals surface area contributed by atoms with Crippen LogP contribution in [0.3, 0.4) is 0 Å². The van der Waals surface area contributed by atoms with Gasteiger partial charge in [0.15, 0.2) is 0 Å². The van der Waals surface area contributed by atoms with Crippen molar-refractivity contribution in [3.05, 3.63) is 35.4 Å². The number of hydrogen-bond donors (Lipinski definition) is 2. The van der Waals surface area contributed by atoms with Crippen molar-refractivity contribution in [2.45, 2.75) is 70.8 Å². The third-order valence-corrected chi connectivity index (χ3v) is 5.23. The Bertz CT molecular complexity index is 590. The number of benzene rings is 1. The second-order valence-electron chi connectivity index (χ2n) is 7.79.